The van der Waals surface area contributed by atoms with Crippen molar-refractivity contribution in [3.63, 3.8) is 0 Å². The lowest BCUT2D eigenvalue weighted by molar-refractivity contribution is -0.131. The van der Waals surface area contributed by atoms with Crippen LogP contribution in [0.4, 0.5) is 0 Å². The van der Waals surface area contributed by atoms with E-state index in [0.29, 0.717) is 55.4 Å². The van der Waals surface area contributed by atoms with Crippen molar-refractivity contribution in [3.05, 3.63) is 47.5 Å². The van der Waals surface area contributed by atoms with Crippen molar-refractivity contribution in [2.75, 3.05) is 27.1 Å². The van der Waals surface area contributed by atoms with Gasteiger partial charge in [0.25, 0.3) is 0 Å². The molecular weight excluding hydrogens is 386 g/mol. The number of methoxy groups -OCH3 is 1. The Balaban J connectivity index is 1.49. The summed E-state index contributed by atoms with van der Waals surface area (Å²) in [5.41, 5.74) is 1.57. The van der Waals surface area contributed by atoms with E-state index in [1.165, 1.54) is 14.0 Å². The third-order valence-corrected chi connectivity index (χ3v) is 4.91. The molecule has 2 aromatic rings. The first kappa shape index (κ1) is 21.5. The molecule has 1 aliphatic heterocycles. The second-order valence-electron chi connectivity index (χ2n) is 6.97. The van der Waals surface area contributed by atoms with E-state index in [0.717, 1.165) is 11.3 Å². The molecule has 0 atom stereocenters. The van der Waals surface area contributed by atoms with Gasteiger partial charge in [-0.3, -0.25) is 9.59 Å². The van der Waals surface area contributed by atoms with Gasteiger partial charge >= 0.3 is 0 Å². The van der Waals surface area contributed by atoms with Gasteiger partial charge < -0.3 is 23.8 Å². The minimum atomic E-state index is -0.0347. The van der Waals surface area contributed by atoms with Gasteiger partial charge in [-0.15, -0.1) is 0 Å². The Labute approximate surface area is 176 Å². The SMILES string of the molecule is CCN(Cc1ccc2c(c1)OCO2)C(=O)CCCOc1ccc(C(C)=O)cc1OC. The molecule has 0 radical (unpaired) electrons. The third kappa shape index (κ3) is 5.23. The molecule has 0 fully saturated rings. The predicted molar refractivity (Wildman–Crippen MR) is 111 cm³/mol. The molecular formula is C23H27NO6. The molecule has 7 nitrogen and oxygen atoms in total. The van der Waals surface area contributed by atoms with E-state index in [9.17, 15) is 9.59 Å². The quantitative estimate of drug-likeness (QED) is 0.435. The van der Waals surface area contributed by atoms with E-state index >= 15 is 0 Å². The third-order valence-electron chi connectivity index (χ3n) is 4.91. The molecule has 0 bridgehead atoms. The topological polar surface area (TPSA) is 74.3 Å². The number of Topliss-reactive ketones (excluding diaryl/α,β-unsaturated/α-hetero) is 1. The summed E-state index contributed by atoms with van der Waals surface area (Å²) in [6, 6.07) is 10.8. The fourth-order valence-corrected chi connectivity index (χ4v) is 3.21. The Kier molecular flexibility index (Phi) is 7.17. The van der Waals surface area contributed by atoms with Gasteiger partial charge in [0.15, 0.2) is 28.8 Å². The van der Waals surface area contributed by atoms with Crippen molar-refractivity contribution in [2.45, 2.75) is 33.2 Å². The summed E-state index contributed by atoms with van der Waals surface area (Å²) >= 11 is 0. The van der Waals surface area contributed by atoms with E-state index < -0.39 is 0 Å². The number of nitrogens with zero attached hydrogens (tertiary/aromatic N) is 1. The fourth-order valence-electron chi connectivity index (χ4n) is 3.21. The second kappa shape index (κ2) is 10.0. The Bertz CT molecular complexity index is 911. The molecule has 0 spiro atoms. The molecule has 3 rings (SSSR count). The standard InChI is InChI=1S/C23H27NO6/c1-4-24(14-17-7-9-20-22(12-17)30-15-29-20)23(26)6-5-11-28-19-10-8-18(16(2)25)13-21(19)27-3/h7-10,12-13H,4-6,11,14-15H2,1-3H3. The van der Waals surface area contributed by atoms with Crippen LogP contribution in [-0.4, -0.2) is 43.6 Å². The van der Waals surface area contributed by atoms with Gasteiger partial charge in [-0.1, -0.05) is 6.07 Å². The molecule has 0 saturated heterocycles. The first-order valence-corrected chi connectivity index (χ1v) is 10.00. The van der Waals surface area contributed by atoms with Crippen LogP contribution >= 0.6 is 0 Å². The molecule has 0 aromatic heterocycles. The van der Waals surface area contributed by atoms with Gasteiger partial charge in [0, 0.05) is 25.1 Å². The predicted octanol–water partition coefficient (Wildman–Crippen LogP) is 3.83. The maximum absolute atomic E-state index is 12.6. The zero-order valence-electron chi connectivity index (χ0n) is 17.6. The van der Waals surface area contributed by atoms with Gasteiger partial charge in [0.1, 0.15) is 0 Å². The van der Waals surface area contributed by atoms with Gasteiger partial charge in [0.05, 0.1) is 13.7 Å². The number of hydrogen-bond acceptors (Lipinski definition) is 6. The fraction of sp³-hybridized carbons (Fsp3) is 0.391. The average Bonchev–Trinajstić information content (AvgIpc) is 3.22. The number of hydrogen-bond donors (Lipinski definition) is 0. The van der Waals surface area contributed by atoms with Gasteiger partial charge in [-0.05, 0) is 56.2 Å². The average molecular weight is 413 g/mol. The largest absolute Gasteiger partial charge is 0.493 e. The monoisotopic (exact) mass is 413 g/mol. The number of fused-ring (bicyclic) bond motifs is 1. The van der Waals surface area contributed by atoms with Crippen LogP contribution in [0, 0.1) is 0 Å². The molecule has 160 valence electrons. The maximum Gasteiger partial charge on any atom is 0.231 e. The van der Waals surface area contributed by atoms with Crippen molar-refractivity contribution < 1.29 is 28.5 Å². The molecule has 7 heteroatoms. The lowest BCUT2D eigenvalue weighted by atomic mass is 10.1. The van der Waals surface area contributed by atoms with Crippen molar-refractivity contribution >= 4 is 11.7 Å². The zero-order valence-corrected chi connectivity index (χ0v) is 17.6. The van der Waals surface area contributed by atoms with Crippen LogP contribution in [0.5, 0.6) is 23.0 Å². The van der Waals surface area contributed by atoms with Gasteiger partial charge in [-0.25, -0.2) is 0 Å². The van der Waals surface area contributed by atoms with Crippen molar-refractivity contribution in [2.24, 2.45) is 0 Å². The summed E-state index contributed by atoms with van der Waals surface area (Å²) in [4.78, 5) is 25.9. The molecule has 1 aliphatic rings. The Hall–Kier alpha value is -3.22. The highest BCUT2D eigenvalue weighted by Gasteiger charge is 2.17. The number of carbonyl (C=O) groups is 2. The first-order valence-electron chi connectivity index (χ1n) is 10.00. The number of rotatable bonds is 10. The minimum Gasteiger partial charge on any atom is -0.493 e. The van der Waals surface area contributed by atoms with Gasteiger partial charge in [-0.2, -0.15) is 0 Å². The van der Waals surface area contributed by atoms with Crippen molar-refractivity contribution in [3.8, 4) is 23.0 Å². The van der Waals surface area contributed by atoms with E-state index in [1.54, 1.807) is 23.1 Å². The molecule has 0 N–H and O–H groups in total. The van der Waals surface area contributed by atoms with Crippen LogP contribution in [0.25, 0.3) is 0 Å². The van der Waals surface area contributed by atoms with Crippen LogP contribution in [0.3, 0.4) is 0 Å². The summed E-state index contributed by atoms with van der Waals surface area (Å²) in [5, 5.41) is 0. The Morgan fingerprint density at radius 1 is 1.07 bits per heavy atom. The molecule has 2 aromatic carbocycles. The molecule has 1 amide bonds. The summed E-state index contributed by atoms with van der Waals surface area (Å²) in [7, 11) is 1.53. The van der Waals surface area contributed by atoms with Gasteiger partial charge in [0.2, 0.25) is 12.7 Å². The molecule has 0 saturated carbocycles. The highest BCUT2D eigenvalue weighted by molar-refractivity contribution is 5.94. The number of amides is 1. The lowest BCUT2D eigenvalue weighted by Crippen LogP contribution is -2.30. The number of carbonyl (C=O) groups excluding carboxylic acids is 2. The van der Waals surface area contributed by atoms with Crippen molar-refractivity contribution in [1.82, 2.24) is 4.90 Å². The zero-order chi connectivity index (χ0) is 21.5. The lowest BCUT2D eigenvalue weighted by Gasteiger charge is -2.21. The van der Waals surface area contributed by atoms with Crippen LogP contribution in [0.1, 0.15) is 42.6 Å². The number of benzene rings is 2. The molecule has 0 unspecified atom stereocenters. The van der Waals surface area contributed by atoms with E-state index in [1.807, 2.05) is 25.1 Å². The summed E-state index contributed by atoms with van der Waals surface area (Å²) in [6.45, 7) is 5.22. The Morgan fingerprint density at radius 3 is 2.60 bits per heavy atom. The smallest absolute Gasteiger partial charge is 0.231 e. The second-order valence-corrected chi connectivity index (χ2v) is 6.97. The molecule has 0 aliphatic carbocycles. The Morgan fingerprint density at radius 2 is 1.87 bits per heavy atom. The highest BCUT2D eigenvalue weighted by Crippen LogP contribution is 2.33. The van der Waals surface area contributed by atoms with Crippen LogP contribution in [-0.2, 0) is 11.3 Å². The molecule has 30 heavy (non-hydrogen) atoms. The number of ketones is 1. The summed E-state index contributed by atoms with van der Waals surface area (Å²) in [5.74, 6) is 2.55. The van der Waals surface area contributed by atoms with E-state index in [-0.39, 0.29) is 18.5 Å². The van der Waals surface area contributed by atoms with Crippen LogP contribution < -0.4 is 18.9 Å². The summed E-state index contributed by atoms with van der Waals surface area (Å²) < 4.78 is 21.8. The van der Waals surface area contributed by atoms with E-state index in [4.69, 9.17) is 18.9 Å². The minimum absolute atomic E-state index is 0.0347. The number of ether oxygens (including phenoxy) is 4. The summed E-state index contributed by atoms with van der Waals surface area (Å²) in [6.07, 6.45) is 0.959. The normalized spacial score (nSPS) is 11.8. The van der Waals surface area contributed by atoms with E-state index in [2.05, 4.69) is 0 Å². The maximum atomic E-state index is 12.6. The molecule has 1 heterocycles. The van der Waals surface area contributed by atoms with Crippen LogP contribution in [0.2, 0.25) is 0 Å². The van der Waals surface area contributed by atoms with Crippen molar-refractivity contribution in [1.29, 1.82) is 0 Å². The highest BCUT2D eigenvalue weighted by atomic mass is 16.7. The first-order chi connectivity index (χ1) is 14.5. The van der Waals surface area contributed by atoms with Crippen LogP contribution in [0.15, 0.2) is 36.4 Å².